The number of halogens is 1. The Hall–Kier alpha value is -12.1. The first kappa shape index (κ1) is 87.5. The number of anilines is 5. The number of thiazole rings is 1. The molecular weight excluding hydrogens is 1540 g/mol. The Morgan fingerprint density at radius 2 is 1.51 bits per heavy atom. The fourth-order valence-corrected chi connectivity index (χ4v) is 13.1. The van der Waals surface area contributed by atoms with Gasteiger partial charge in [-0.3, -0.25) is 29.1 Å². The zero-order valence-electron chi connectivity index (χ0n) is 65.9. The topological polar surface area (TPSA) is 393 Å². The second-order valence-electron chi connectivity index (χ2n) is 28.2. The molecule has 0 saturated carbocycles. The molecule has 0 fully saturated rings. The summed E-state index contributed by atoms with van der Waals surface area (Å²) in [5.41, 5.74) is 8.97. The number of nitrogens with one attached hydrogen (secondary N) is 7. The van der Waals surface area contributed by atoms with Gasteiger partial charge in [0.05, 0.1) is 52.4 Å². The predicted molar refractivity (Wildman–Crippen MR) is 440 cm³/mol. The minimum atomic E-state index is -3.57. The third-order valence-electron chi connectivity index (χ3n) is 17.8. The average Bonchev–Trinajstić information content (AvgIpc) is 0.860. The minimum absolute atomic E-state index is 0.0203. The molecule has 1 aliphatic rings. The van der Waals surface area contributed by atoms with Crippen LogP contribution in [0.25, 0.3) is 16.9 Å². The van der Waals surface area contributed by atoms with Crippen molar-refractivity contribution in [1.82, 2.24) is 35.0 Å². The average molecular weight is 1630 g/mol. The molecule has 0 spiro atoms. The number of amides is 5. The zero-order valence-corrected chi connectivity index (χ0v) is 69.1. The first-order chi connectivity index (χ1) is 53.9. The van der Waals surface area contributed by atoms with Gasteiger partial charge in [-0.15, -0.1) is 9.73 Å². The maximum absolute atomic E-state index is 13.2. The van der Waals surface area contributed by atoms with Crippen molar-refractivity contribution in [2.75, 3.05) is 72.9 Å². The van der Waals surface area contributed by atoms with E-state index in [2.05, 4.69) is 106 Å². The van der Waals surface area contributed by atoms with Crippen molar-refractivity contribution in [2.45, 2.75) is 125 Å². The summed E-state index contributed by atoms with van der Waals surface area (Å²) < 4.78 is 79.3. The summed E-state index contributed by atoms with van der Waals surface area (Å²) in [5, 5.41) is 40.3. The molecule has 0 saturated heterocycles. The molecular formula is C81H93ClN14O15S3. The number of phenolic OH excluding ortho intramolecular Hbond substituents is 1. The second-order valence-corrected chi connectivity index (χ2v) is 31.9. The highest BCUT2D eigenvalue weighted by atomic mass is 35.5. The number of carbonyl (C=O) groups is 5. The largest absolute Gasteiger partial charge is 0.505 e. The van der Waals surface area contributed by atoms with Crippen molar-refractivity contribution in [3.8, 4) is 56.9 Å². The number of nitrogens with zero attached hydrogens (tertiary/aromatic N) is 7. The number of aryl methyl sites for hydroxylation is 4. The van der Waals surface area contributed by atoms with Crippen LogP contribution in [0.1, 0.15) is 141 Å². The van der Waals surface area contributed by atoms with E-state index in [1.54, 1.807) is 86.4 Å². The van der Waals surface area contributed by atoms with Crippen LogP contribution in [-0.4, -0.2) is 129 Å². The number of fused-ring (bicyclic) bond motifs is 2. The maximum Gasteiger partial charge on any atom is 0.420 e. The Labute approximate surface area is 672 Å². The van der Waals surface area contributed by atoms with Crippen LogP contribution < -0.4 is 54.6 Å². The molecule has 1 atom stereocenters. The number of aromatic hydroxyl groups is 1. The lowest BCUT2D eigenvalue weighted by molar-refractivity contribution is -0.118. The quantitative estimate of drug-likeness (QED) is 0.0150. The van der Waals surface area contributed by atoms with Gasteiger partial charge in [-0.05, 0) is 123 Å². The molecule has 11 rings (SSSR count). The van der Waals surface area contributed by atoms with E-state index in [-0.39, 0.29) is 74.3 Å². The number of H-pyrrole nitrogens is 1. The first-order valence-corrected chi connectivity index (χ1v) is 40.2. The molecule has 3 aromatic heterocycles. The minimum Gasteiger partial charge on any atom is -0.505 e. The van der Waals surface area contributed by atoms with Crippen molar-refractivity contribution in [3.63, 3.8) is 0 Å². The standard InChI is InChI=1S/C31H41N5O3.C28H24ClN5O5S2.C22H27N3O5.HNO2S/c1-8-25-27(29-33-28(20(3)4)35-36(29)34-25)39-23-14-12-22(13-15-23)30(37)32-17-10-18-38-26-16-11-21(5)19-24(26)31(6,7)9-2;1-17-9-12-20(13-10-17)34(2)28(36)39-27-24(18-7-5-4-6-8-18)32-26(40-27)21(16-30)25(35)31-23-15-19(11-14-22(23)29)33-41(3,37)38;1-13-8-6-7-9-15(13)29-12-23-14-10-16(30-21(28)25(4)5)19-18(20(14)27)22(2,3)11-17(26)24-19;1-4(2)3/h11-16,19-20,34H,8-10,17-18H2,1-7H3,(H,32,37);4-15,21,33H,1-3H3,(H,31,35);6-10,23,27H,11-12H2,1-5H3,(H,24,26);1H. The van der Waals surface area contributed by atoms with Gasteiger partial charge < -0.3 is 55.0 Å². The van der Waals surface area contributed by atoms with E-state index < -0.39 is 50.0 Å². The van der Waals surface area contributed by atoms with E-state index in [0.29, 0.717) is 81.9 Å². The van der Waals surface area contributed by atoms with Gasteiger partial charge in [-0.2, -0.15) is 18.5 Å². The van der Waals surface area contributed by atoms with E-state index in [1.807, 2.05) is 83.2 Å². The Morgan fingerprint density at radius 1 is 0.842 bits per heavy atom. The molecule has 29 nitrogen and oxygen atoms in total. The highest BCUT2D eigenvalue weighted by Gasteiger charge is 2.39. The molecule has 10 aromatic rings. The van der Waals surface area contributed by atoms with E-state index in [0.717, 1.165) is 58.8 Å². The van der Waals surface area contributed by atoms with E-state index in [1.165, 1.54) is 45.2 Å². The molecule has 0 radical (unpaired) electrons. The Balaban J connectivity index is 0.000000211. The summed E-state index contributed by atoms with van der Waals surface area (Å²) in [6, 6.07) is 44.9. The third-order valence-corrected chi connectivity index (χ3v) is 19.7. The van der Waals surface area contributed by atoms with Gasteiger partial charge in [-0.25, -0.2) is 28.0 Å². The number of ether oxygens (including phenoxy) is 5. The summed E-state index contributed by atoms with van der Waals surface area (Å²) in [7, 11) is -1.49. The lowest BCUT2D eigenvalue weighted by Gasteiger charge is -2.34. The van der Waals surface area contributed by atoms with Crippen LogP contribution in [-0.2, 0) is 47.4 Å². The van der Waals surface area contributed by atoms with Crippen LogP contribution in [0.2, 0.25) is 5.02 Å². The number of hydrogen-bond donors (Lipinski definition) is 8. The molecule has 8 N–H and O–H groups in total. The van der Waals surface area contributed by atoms with Crippen LogP contribution in [0.5, 0.6) is 39.6 Å². The van der Waals surface area contributed by atoms with Gasteiger partial charge in [0.1, 0.15) is 33.7 Å². The second kappa shape index (κ2) is 38.9. The Morgan fingerprint density at radius 3 is 2.14 bits per heavy atom. The summed E-state index contributed by atoms with van der Waals surface area (Å²) in [5.74, 6) is 1.56. The number of benzene rings is 7. The van der Waals surface area contributed by atoms with Gasteiger partial charge in [0.2, 0.25) is 32.5 Å². The van der Waals surface area contributed by atoms with Gasteiger partial charge in [0.15, 0.2) is 30.0 Å². The number of rotatable bonds is 25. The number of para-hydroxylation sites is 1. The number of aromatic nitrogens is 5. The monoisotopic (exact) mass is 1630 g/mol. The lowest BCUT2D eigenvalue weighted by Crippen LogP contribution is -2.34. The molecule has 33 heteroatoms. The summed E-state index contributed by atoms with van der Waals surface area (Å²) in [4.78, 5) is 75.1. The molecule has 114 heavy (non-hydrogen) atoms. The first-order valence-electron chi connectivity index (χ1n) is 36.1. The number of aromatic amines is 1. The highest BCUT2D eigenvalue weighted by Crippen LogP contribution is 2.51. The maximum atomic E-state index is 13.2. The fraction of sp³-hybridized carbons (Fsp3) is 0.321. The van der Waals surface area contributed by atoms with Crippen LogP contribution in [0.4, 0.5) is 38.0 Å². The normalized spacial score (nSPS) is 12.2. The molecule has 0 aliphatic carbocycles. The molecule has 5 amide bonds. The molecule has 0 bridgehead atoms. The van der Waals surface area contributed by atoms with Crippen molar-refractivity contribution >= 4 is 107 Å². The number of hydrogen-bond acceptors (Lipinski definition) is 22. The van der Waals surface area contributed by atoms with Crippen molar-refractivity contribution in [3.05, 3.63) is 201 Å². The van der Waals surface area contributed by atoms with E-state index in [4.69, 9.17) is 48.5 Å². The molecule has 7 aromatic carbocycles. The molecule has 602 valence electrons. The Kier molecular flexibility index (Phi) is 29.9. The van der Waals surface area contributed by atoms with Gasteiger partial charge in [0.25, 0.3) is 5.91 Å². The van der Waals surface area contributed by atoms with E-state index >= 15 is 0 Å². The Bertz CT molecular complexity index is 5390. The van der Waals surface area contributed by atoms with Gasteiger partial charge in [0, 0.05) is 73.9 Å². The smallest absolute Gasteiger partial charge is 0.420 e. The van der Waals surface area contributed by atoms with Gasteiger partial charge >= 0.3 is 22.7 Å². The molecule has 4 heterocycles. The van der Waals surface area contributed by atoms with Crippen LogP contribution in [0, 0.1) is 36.9 Å². The van der Waals surface area contributed by atoms with Gasteiger partial charge in [-0.1, -0.05) is 162 Å². The molecule has 1 aliphatic heterocycles. The summed E-state index contributed by atoms with van der Waals surface area (Å²) >= 11 is 7.11. The van der Waals surface area contributed by atoms with Crippen molar-refractivity contribution in [1.29, 1.82) is 10.0 Å². The number of sulfonamides is 1. The highest BCUT2D eigenvalue weighted by molar-refractivity contribution is 7.92. The third kappa shape index (κ3) is 23.5. The molecule has 1 unspecified atom stereocenters. The number of carbonyl (C=O) groups excluding carboxylic acids is 5. The fourth-order valence-electron chi connectivity index (χ4n) is 11.4. The van der Waals surface area contributed by atoms with Crippen LogP contribution in [0.3, 0.4) is 0 Å². The lowest BCUT2D eigenvalue weighted by atomic mass is 9.77. The van der Waals surface area contributed by atoms with Crippen LogP contribution >= 0.6 is 22.9 Å². The van der Waals surface area contributed by atoms with Crippen molar-refractivity contribution in [2.24, 2.45) is 0 Å². The number of nitriles is 1. The summed E-state index contributed by atoms with van der Waals surface area (Å²) in [6.07, 6.45) is 2.40. The summed E-state index contributed by atoms with van der Waals surface area (Å²) in [6.45, 7) is 23.7. The van der Waals surface area contributed by atoms with E-state index in [9.17, 15) is 42.8 Å². The number of phenols is 1. The zero-order chi connectivity index (χ0) is 83.5. The predicted octanol–water partition coefficient (Wildman–Crippen LogP) is 16.2. The van der Waals surface area contributed by atoms with Crippen molar-refractivity contribution < 1.29 is 69.6 Å². The van der Waals surface area contributed by atoms with Crippen LogP contribution in [0.15, 0.2) is 146 Å². The SMILES string of the molecule is CCc1[nH]n2nc(C(C)C)nc2c1Oc1ccc(C(=O)NCCCOc2ccc(C)cc2C(C)(C)CC)cc1.Cc1ccc(N(C)C(=O)Oc2sc(C(C#N)C(=O)Nc3cc(NS(C)(=O)=O)ccc3Cl)nc2-c2ccccc2)cc1.Cc1ccccc1OCNc1cc(OC(=O)N(C)C)c2c(c1O)C(C)(C)CC(=O)N2.N=S(=O)=O.